The summed E-state index contributed by atoms with van der Waals surface area (Å²) >= 11 is 0. The summed E-state index contributed by atoms with van der Waals surface area (Å²) in [4.78, 5) is 4.65. The second kappa shape index (κ2) is 6.85. The van der Waals surface area contributed by atoms with Gasteiger partial charge in [-0.3, -0.25) is 4.98 Å². The van der Waals surface area contributed by atoms with Gasteiger partial charge in [-0.05, 0) is 43.5 Å². The maximum absolute atomic E-state index is 4.65. The normalized spacial score (nSPS) is 12.1. The minimum atomic E-state index is 1.03. The van der Waals surface area contributed by atoms with Gasteiger partial charge in [-0.25, -0.2) is 0 Å². The van der Waals surface area contributed by atoms with E-state index in [4.69, 9.17) is 0 Å². The lowest BCUT2D eigenvalue weighted by atomic mass is 10.0. The second-order valence-electron chi connectivity index (χ2n) is 4.80. The average molecular weight is 263 g/mol. The molecule has 0 aliphatic heterocycles. The lowest BCUT2D eigenvalue weighted by Crippen LogP contribution is -1.91. The van der Waals surface area contributed by atoms with Gasteiger partial charge in [0, 0.05) is 11.3 Å². The molecule has 1 heterocycles. The van der Waals surface area contributed by atoms with Gasteiger partial charge in [-0.15, -0.1) is 0 Å². The van der Waals surface area contributed by atoms with Gasteiger partial charge in [0.15, 0.2) is 0 Å². The number of nitrogens with zero attached hydrogens (tertiary/aromatic N) is 1. The topological polar surface area (TPSA) is 12.9 Å². The number of allylic oxidation sites excluding steroid dienone is 4. The first kappa shape index (κ1) is 14.3. The Morgan fingerprint density at radius 2 is 1.90 bits per heavy atom. The Morgan fingerprint density at radius 3 is 2.55 bits per heavy atom. The van der Waals surface area contributed by atoms with Crippen LogP contribution in [0.3, 0.4) is 0 Å². The zero-order valence-corrected chi connectivity index (χ0v) is 12.4. The van der Waals surface area contributed by atoms with Crippen molar-refractivity contribution in [2.45, 2.75) is 27.2 Å². The molecule has 0 saturated carbocycles. The summed E-state index contributed by atoms with van der Waals surface area (Å²) in [5.41, 5.74) is 5.71. The third kappa shape index (κ3) is 3.45. The van der Waals surface area contributed by atoms with E-state index in [1.54, 1.807) is 0 Å². The molecule has 0 radical (unpaired) electrons. The second-order valence-corrected chi connectivity index (χ2v) is 4.80. The number of aryl methyl sites for hydroxylation is 1. The highest BCUT2D eigenvalue weighted by molar-refractivity contribution is 5.76. The van der Waals surface area contributed by atoms with Crippen LogP contribution < -0.4 is 0 Å². The zero-order chi connectivity index (χ0) is 14.4. The molecule has 0 aliphatic rings. The number of hydrogen-bond donors (Lipinski definition) is 0. The quantitative estimate of drug-likeness (QED) is 0.670. The Hall–Kier alpha value is -2.15. The molecular weight excluding hydrogens is 242 g/mol. The predicted molar refractivity (Wildman–Crippen MR) is 87.5 cm³/mol. The minimum Gasteiger partial charge on any atom is -0.253 e. The summed E-state index contributed by atoms with van der Waals surface area (Å²) in [6.45, 7) is 6.27. The van der Waals surface area contributed by atoms with E-state index in [-0.39, 0.29) is 0 Å². The van der Waals surface area contributed by atoms with E-state index in [0.717, 1.165) is 23.4 Å². The van der Waals surface area contributed by atoms with E-state index in [1.807, 2.05) is 25.1 Å². The Labute approximate surface area is 121 Å². The maximum Gasteiger partial charge on any atom is 0.0711 e. The molecule has 0 aliphatic carbocycles. The monoisotopic (exact) mass is 263 g/mol. The first-order chi connectivity index (χ1) is 9.74. The van der Waals surface area contributed by atoms with Crippen LogP contribution in [0.2, 0.25) is 0 Å². The van der Waals surface area contributed by atoms with Crippen LogP contribution in [0.25, 0.3) is 16.8 Å². The fourth-order valence-corrected chi connectivity index (χ4v) is 2.20. The van der Waals surface area contributed by atoms with Crippen molar-refractivity contribution in [3.05, 3.63) is 72.0 Å². The molecular formula is C19H21N. The van der Waals surface area contributed by atoms with Crippen LogP contribution in [0.4, 0.5) is 0 Å². The van der Waals surface area contributed by atoms with Gasteiger partial charge in [-0.1, -0.05) is 55.5 Å². The summed E-state index contributed by atoms with van der Waals surface area (Å²) in [5, 5.41) is 0. The fourth-order valence-electron chi connectivity index (χ4n) is 2.20. The summed E-state index contributed by atoms with van der Waals surface area (Å²) in [5.74, 6) is 0. The van der Waals surface area contributed by atoms with Gasteiger partial charge in [0.2, 0.25) is 0 Å². The van der Waals surface area contributed by atoms with Crippen molar-refractivity contribution in [1.82, 2.24) is 4.98 Å². The Kier molecular flexibility index (Phi) is 4.89. The van der Waals surface area contributed by atoms with Crippen LogP contribution in [0, 0.1) is 6.92 Å². The Balaban J connectivity index is 2.46. The van der Waals surface area contributed by atoms with Crippen LogP contribution in [-0.2, 0) is 0 Å². The molecule has 1 aromatic carbocycles. The molecule has 20 heavy (non-hydrogen) atoms. The average Bonchev–Trinajstić information content (AvgIpc) is 2.48. The summed E-state index contributed by atoms with van der Waals surface area (Å²) in [6, 6.07) is 14.6. The van der Waals surface area contributed by atoms with E-state index in [9.17, 15) is 0 Å². The Bertz CT molecular complexity index is 621. The first-order valence-electron chi connectivity index (χ1n) is 7.12. The number of pyridine rings is 1. The molecule has 0 amide bonds. The van der Waals surface area contributed by atoms with Gasteiger partial charge >= 0.3 is 0 Å². The zero-order valence-electron chi connectivity index (χ0n) is 12.4. The molecule has 1 heteroatoms. The maximum atomic E-state index is 4.65. The van der Waals surface area contributed by atoms with Crippen molar-refractivity contribution in [3.63, 3.8) is 0 Å². The van der Waals surface area contributed by atoms with Crippen molar-refractivity contribution in [1.29, 1.82) is 0 Å². The molecule has 2 aromatic rings. The smallest absolute Gasteiger partial charge is 0.0711 e. The van der Waals surface area contributed by atoms with Crippen LogP contribution in [0.15, 0.2) is 60.7 Å². The molecule has 2 rings (SSSR count). The summed E-state index contributed by atoms with van der Waals surface area (Å²) in [6.07, 6.45) is 7.57. The minimum absolute atomic E-state index is 1.03. The summed E-state index contributed by atoms with van der Waals surface area (Å²) < 4.78 is 0. The van der Waals surface area contributed by atoms with Gasteiger partial charge in [0.05, 0.1) is 5.69 Å². The van der Waals surface area contributed by atoms with Crippen molar-refractivity contribution >= 4 is 5.57 Å². The highest BCUT2D eigenvalue weighted by Crippen LogP contribution is 2.24. The highest BCUT2D eigenvalue weighted by Gasteiger charge is 2.04. The highest BCUT2D eigenvalue weighted by atomic mass is 14.7. The van der Waals surface area contributed by atoms with Crippen molar-refractivity contribution in [2.75, 3.05) is 0 Å². The van der Waals surface area contributed by atoms with Crippen molar-refractivity contribution < 1.29 is 0 Å². The van der Waals surface area contributed by atoms with E-state index >= 15 is 0 Å². The molecule has 0 fully saturated rings. The number of rotatable bonds is 4. The van der Waals surface area contributed by atoms with Gasteiger partial charge < -0.3 is 0 Å². The van der Waals surface area contributed by atoms with E-state index < -0.39 is 0 Å². The molecule has 0 atom stereocenters. The SMILES string of the molecule is C/C=C(\C=C/CC)c1cc(C)nc(-c2ccccc2)c1. The van der Waals surface area contributed by atoms with Gasteiger partial charge in [-0.2, -0.15) is 0 Å². The van der Waals surface area contributed by atoms with Crippen LogP contribution in [0.1, 0.15) is 31.5 Å². The van der Waals surface area contributed by atoms with Gasteiger partial charge in [0.1, 0.15) is 0 Å². The molecule has 102 valence electrons. The van der Waals surface area contributed by atoms with Crippen molar-refractivity contribution in [2.24, 2.45) is 0 Å². The Morgan fingerprint density at radius 1 is 1.15 bits per heavy atom. The first-order valence-corrected chi connectivity index (χ1v) is 7.12. The van der Waals surface area contributed by atoms with E-state index in [1.165, 1.54) is 11.1 Å². The number of aromatic nitrogens is 1. The molecule has 1 aromatic heterocycles. The van der Waals surface area contributed by atoms with Crippen LogP contribution in [-0.4, -0.2) is 4.98 Å². The van der Waals surface area contributed by atoms with Gasteiger partial charge in [0.25, 0.3) is 0 Å². The molecule has 1 nitrogen and oxygen atoms in total. The van der Waals surface area contributed by atoms with Crippen molar-refractivity contribution in [3.8, 4) is 11.3 Å². The molecule has 0 spiro atoms. The molecule has 0 bridgehead atoms. The van der Waals surface area contributed by atoms with E-state index in [2.05, 4.69) is 61.3 Å². The third-order valence-corrected chi connectivity index (χ3v) is 3.20. The lowest BCUT2D eigenvalue weighted by molar-refractivity contribution is 1.19. The van der Waals surface area contributed by atoms with Crippen LogP contribution in [0.5, 0.6) is 0 Å². The molecule has 0 unspecified atom stereocenters. The third-order valence-electron chi connectivity index (χ3n) is 3.20. The molecule has 0 saturated heterocycles. The standard InChI is InChI=1S/C19H21N/c1-4-6-10-16(5-2)18-13-15(3)20-19(14-18)17-11-8-7-9-12-17/h5-14H,4H2,1-3H3/b10-6-,16-5+. The van der Waals surface area contributed by atoms with E-state index in [0.29, 0.717) is 0 Å². The largest absolute Gasteiger partial charge is 0.253 e. The summed E-state index contributed by atoms with van der Waals surface area (Å²) in [7, 11) is 0. The molecule has 0 N–H and O–H groups in total. The fraction of sp³-hybridized carbons (Fsp3) is 0.211. The number of hydrogen-bond acceptors (Lipinski definition) is 1. The number of benzene rings is 1. The predicted octanol–water partition coefficient (Wildman–Crippen LogP) is 5.43. The van der Waals surface area contributed by atoms with Crippen LogP contribution >= 0.6 is 0 Å². The lowest BCUT2D eigenvalue weighted by Gasteiger charge is -2.08.